The van der Waals surface area contributed by atoms with Gasteiger partial charge in [-0.15, -0.1) is 0 Å². The molecule has 164 valence electrons. The molecular formula is C24H31N5O2. The summed E-state index contributed by atoms with van der Waals surface area (Å²) in [5, 5.41) is 0. The van der Waals surface area contributed by atoms with Crippen LogP contribution in [0, 0.1) is 11.8 Å². The van der Waals surface area contributed by atoms with Crippen LogP contribution in [0.4, 0.5) is 5.82 Å². The summed E-state index contributed by atoms with van der Waals surface area (Å²) in [6, 6.07) is 9.53. The lowest BCUT2D eigenvalue weighted by Crippen LogP contribution is -2.54. The number of carbonyl (C=O) groups is 2. The summed E-state index contributed by atoms with van der Waals surface area (Å²) in [7, 11) is 0. The van der Waals surface area contributed by atoms with Crippen LogP contribution in [0.2, 0.25) is 0 Å². The molecule has 0 saturated carbocycles. The summed E-state index contributed by atoms with van der Waals surface area (Å²) in [6.45, 7) is 7.73. The highest BCUT2D eigenvalue weighted by Gasteiger charge is 2.42. The third-order valence-electron chi connectivity index (χ3n) is 6.18. The van der Waals surface area contributed by atoms with Crippen LogP contribution in [-0.2, 0) is 9.59 Å². The normalized spacial score (nSPS) is 22.2. The number of piperidine rings is 1. The molecule has 2 aliphatic heterocycles. The van der Waals surface area contributed by atoms with Crippen molar-refractivity contribution < 1.29 is 9.59 Å². The van der Waals surface area contributed by atoms with E-state index in [1.807, 2.05) is 40.1 Å². The Bertz CT molecular complexity index is 881. The second kappa shape index (κ2) is 9.45. The van der Waals surface area contributed by atoms with Crippen molar-refractivity contribution in [2.24, 2.45) is 11.8 Å². The number of amides is 2. The fourth-order valence-corrected chi connectivity index (χ4v) is 4.71. The summed E-state index contributed by atoms with van der Waals surface area (Å²) < 4.78 is 0. The molecular weight excluding hydrogens is 390 g/mol. The molecule has 2 amide bonds. The van der Waals surface area contributed by atoms with Gasteiger partial charge < -0.3 is 14.7 Å². The average molecular weight is 422 g/mol. The minimum atomic E-state index is -0.251. The minimum absolute atomic E-state index is 0.131. The highest BCUT2D eigenvalue weighted by Crippen LogP contribution is 2.38. The van der Waals surface area contributed by atoms with Crippen LogP contribution in [0.5, 0.6) is 0 Å². The summed E-state index contributed by atoms with van der Waals surface area (Å²) in [6.07, 6.45) is 6.35. The first-order chi connectivity index (χ1) is 15.0. The lowest BCUT2D eigenvalue weighted by atomic mass is 9.83. The van der Waals surface area contributed by atoms with Crippen LogP contribution in [0.25, 0.3) is 0 Å². The Morgan fingerprint density at radius 1 is 1.10 bits per heavy atom. The summed E-state index contributed by atoms with van der Waals surface area (Å²) in [5.41, 5.74) is 0.946. The number of pyridine rings is 2. The lowest BCUT2D eigenvalue weighted by molar-refractivity contribution is -0.148. The summed E-state index contributed by atoms with van der Waals surface area (Å²) >= 11 is 0. The van der Waals surface area contributed by atoms with Gasteiger partial charge in [0, 0.05) is 57.7 Å². The zero-order valence-electron chi connectivity index (χ0n) is 18.4. The van der Waals surface area contributed by atoms with E-state index in [0.717, 1.165) is 24.5 Å². The Morgan fingerprint density at radius 2 is 1.90 bits per heavy atom. The number of hydrogen-bond acceptors (Lipinski definition) is 5. The van der Waals surface area contributed by atoms with Gasteiger partial charge >= 0.3 is 0 Å². The second-order valence-corrected chi connectivity index (χ2v) is 8.82. The Hall–Kier alpha value is -2.96. The fourth-order valence-electron chi connectivity index (χ4n) is 4.71. The van der Waals surface area contributed by atoms with Gasteiger partial charge in [0.1, 0.15) is 5.82 Å². The number of aromatic nitrogens is 2. The molecule has 0 N–H and O–H groups in total. The number of carbonyl (C=O) groups excluding carboxylic acids is 2. The third kappa shape index (κ3) is 4.70. The van der Waals surface area contributed by atoms with Crippen molar-refractivity contribution >= 4 is 17.6 Å². The monoisotopic (exact) mass is 421 g/mol. The molecule has 2 aromatic rings. The lowest BCUT2D eigenvalue weighted by Gasteiger charge is -2.44. The van der Waals surface area contributed by atoms with Crippen molar-refractivity contribution in [3.05, 3.63) is 54.5 Å². The Morgan fingerprint density at radius 3 is 2.55 bits per heavy atom. The number of hydrogen-bond donors (Lipinski definition) is 0. The smallest absolute Gasteiger partial charge is 0.228 e. The molecule has 7 nitrogen and oxygen atoms in total. The van der Waals surface area contributed by atoms with E-state index in [2.05, 4.69) is 28.7 Å². The number of likely N-dealkylation sites (tertiary alicyclic amines) is 1. The zero-order chi connectivity index (χ0) is 21.8. The molecule has 2 saturated heterocycles. The molecule has 2 fully saturated rings. The first-order valence-corrected chi connectivity index (χ1v) is 11.2. The second-order valence-electron chi connectivity index (χ2n) is 8.82. The maximum atomic E-state index is 13.7. The summed E-state index contributed by atoms with van der Waals surface area (Å²) in [4.78, 5) is 41.3. The van der Waals surface area contributed by atoms with E-state index in [4.69, 9.17) is 0 Å². The van der Waals surface area contributed by atoms with Gasteiger partial charge in [0.2, 0.25) is 11.8 Å². The Kier molecular flexibility index (Phi) is 6.49. The minimum Gasteiger partial charge on any atom is -0.353 e. The maximum absolute atomic E-state index is 13.7. The van der Waals surface area contributed by atoms with Crippen LogP contribution in [0.1, 0.15) is 38.3 Å². The van der Waals surface area contributed by atoms with Gasteiger partial charge in [0.05, 0.1) is 12.0 Å². The first-order valence-electron chi connectivity index (χ1n) is 11.2. The fraction of sp³-hybridized carbons (Fsp3) is 0.500. The molecule has 0 spiro atoms. The van der Waals surface area contributed by atoms with Crippen LogP contribution in [0.15, 0.2) is 48.9 Å². The van der Waals surface area contributed by atoms with Gasteiger partial charge in [0.25, 0.3) is 0 Å². The molecule has 4 heterocycles. The van der Waals surface area contributed by atoms with E-state index >= 15 is 0 Å². The molecule has 0 unspecified atom stereocenters. The van der Waals surface area contributed by atoms with Crippen molar-refractivity contribution in [3.8, 4) is 0 Å². The van der Waals surface area contributed by atoms with Gasteiger partial charge in [-0.05, 0) is 36.1 Å². The molecule has 31 heavy (non-hydrogen) atoms. The number of piperazine rings is 1. The van der Waals surface area contributed by atoms with Gasteiger partial charge in [0.15, 0.2) is 0 Å². The first kappa shape index (κ1) is 21.3. The van der Waals surface area contributed by atoms with E-state index in [1.54, 1.807) is 18.6 Å². The van der Waals surface area contributed by atoms with Crippen LogP contribution >= 0.6 is 0 Å². The molecule has 2 atom stereocenters. The van der Waals surface area contributed by atoms with E-state index in [1.165, 1.54) is 0 Å². The van der Waals surface area contributed by atoms with E-state index in [9.17, 15) is 9.59 Å². The van der Waals surface area contributed by atoms with Crippen LogP contribution in [-0.4, -0.2) is 64.3 Å². The molecule has 2 aromatic heterocycles. The quantitative estimate of drug-likeness (QED) is 0.743. The Balaban J connectivity index is 1.52. The average Bonchev–Trinajstić information content (AvgIpc) is 2.81. The van der Waals surface area contributed by atoms with Crippen molar-refractivity contribution in [3.63, 3.8) is 0 Å². The standard InChI is InChI=1S/C24H31N5O2/c1-18(2)17-29-22(30)9-8-20(23(29)19-6-5-10-25-16-19)24(31)28-14-12-27(13-15-28)21-7-3-4-11-26-21/h3-7,10-11,16,18,20,23H,8-9,12-15,17H2,1-2H3/t20-,23+/m1/s1. The molecule has 0 radical (unpaired) electrons. The highest BCUT2D eigenvalue weighted by molar-refractivity contribution is 5.85. The largest absolute Gasteiger partial charge is 0.353 e. The van der Waals surface area contributed by atoms with E-state index in [-0.39, 0.29) is 23.8 Å². The maximum Gasteiger partial charge on any atom is 0.228 e. The van der Waals surface area contributed by atoms with Crippen molar-refractivity contribution in [1.82, 2.24) is 19.8 Å². The van der Waals surface area contributed by atoms with Crippen molar-refractivity contribution in [2.45, 2.75) is 32.7 Å². The predicted molar refractivity (Wildman–Crippen MR) is 119 cm³/mol. The van der Waals surface area contributed by atoms with Gasteiger partial charge in [-0.2, -0.15) is 0 Å². The number of anilines is 1. The molecule has 4 rings (SSSR count). The number of nitrogens with zero attached hydrogens (tertiary/aromatic N) is 5. The molecule has 2 aliphatic rings. The SMILES string of the molecule is CC(C)CN1C(=O)CC[C@@H](C(=O)N2CCN(c3ccccn3)CC2)[C@@H]1c1cccnc1. The topological polar surface area (TPSA) is 69.6 Å². The molecule has 0 aliphatic carbocycles. The highest BCUT2D eigenvalue weighted by atomic mass is 16.2. The van der Waals surface area contributed by atoms with Crippen LogP contribution < -0.4 is 4.90 Å². The van der Waals surface area contributed by atoms with E-state index in [0.29, 0.717) is 38.4 Å². The van der Waals surface area contributed by atoms with Gasteiger partial charge in [-0.3, -0.25) is 14.6 Å². The molecule has 7 heteroatoms. The van der Waals surface area contributed by atoms with Crippen LogP contribution in [0.3, 0.4) is 0 Å². The van der Waals surface area contributed by atoms with Gasteiger partial charge in [-0.1, -0.05) is 26.0 Å². The third-order valence-corrected chi connectivity index (χ3v) is 6.18. The molecule has 0 bridgehead atoms. The summed E-state index contributed by atoms with van der Waals surface area (Å²) in [5.74, 6) is 1.33. The predicted octanol–water partition coefficient (Wildman–Crippen LogP) is 2.76. The molecule has 0 aromatic carbocycles. The van der Waals surface area contributed by atoms with Crippen molar-refractivity contribution in [1.29, 1.82) is 0 Å². The van der Waals surface area contributed by atoms with E-state index < -0.39 is 0 Å². The van der Waals surface area contributed by atoms with Crippen molar-refractivity contribution in [2.75, 3.05) is 37.6 Å². The Labute approximate surface area is 184 Å². The number of rotatable bonds is 5. The van der Waals surface area contributed by atoms with Gasteiger partial charge in [-0.25, -0.2) is 4.98 Å². The zero-order valence-corrected chi connectivity index (χ0v) is 18.4.